The van der Waals surface area contributed by atoms with Crippen molar-refractivity contribution in [3.63, 3.8) is 0 Å². The van der Waals surface area contributed by atoms with Crippen molar-refractivity contribution < 1.29 is 13.3 Å². The first kappa shape index (κ1) is 21.4. The standard InChI is InChI=1S/C25H19F2N5O2/c1-13-7-8-16(29-25-30-23(34-31-25)22-19(26)5-4-6-20(22)27)11-17(13)18-10-15-12-28-14(2)9-21(15)32(3)24(18)33/h4-12H,1-3H3,(H,29,31). The van der Waals surface area contributed by atoms with Gasteiger partial charge >= 0.3 is 0 Å². The summed E-state index contributed by atoms with van der Waals surface area (Å²) in [5, 5.41) is 7.58. The molecule has 0 radical (unpaired) electrons. The topological polar surface area (TPSA) is 85.8 Å². The molecular formula is C25H19F2N5O2. The van der Waals surface area contributed by atoms with E-state index in [0.717, 1.165) is 39.9 Å². The summed E-state index contributed by atoms with van der Waals surface area (Å²) in [6, 6.07) is 12.6. The van der Waals surface area contributed by atoms with Crippen molar-refractivity contribution in [3.05, 3.63) is 88.0 Å². The van der Waals surface area contributed by atoms with Crippen molar-refractivity contribution in [1.29, 1.82) is 0 Å². The molecule has 0 amide bonds. The Kier molecular flexibility index (Phi) is 5.16. The lowest BCUT2D eigenvalue weighted by molar-refractivity contribution is 0.426. The minimum Gasteiger partial charge on any atom is -0.332 e. The van der Waals surface area contributed by atoms with Crippen molar-refractivity contribution in [2.24, 2.45) is 7.05 Å². The Hall–Kier alpha value is -4.40. The zero-order valence-electron chi connectivity index (χ0n) is 18.6. The van der Waals surface area contributed by atoms with Gasteiger partial charge in [0, 0.05) is 35.6 Å². The monoisotopic (exact) mass is 459 g/mol. The van der Waals surface area contributed by atoms with Crippen LogP contribution in [0.5, 0.6) is 0 Å². The molecule has 0 bridgehead atoms. The predicted molar refractivity (Wildman–Crippen MR) is 125 cm³/mol. The summed E-state index contributed by atoms with van der Waals surface area (Å²) in [5.41, 5.74) is 3.79. The molecule has 0 atom stereocenters. The van der Waals surface area contributed by atoms with Crippen LogP contribution in [-0.2, 0) is 7.05 Å². The van der Waals surface area contributed by atoms with E-state index in [1.54, 1.807) is 29.9 Å². The first-order chi connectivity index (χ1) is 16.3. The number of pyridine rings is 2. The number of anilines is 2. The molecule has 0 saturated carbocycles. The fraction of sp³-hybridized carbons (Fsp3) is 0.120. The number of nitrogens with one attached hydrogen (secondary N) is 1. The Labute approximate surface area is 192 Å². The molecule has 0 spiro atoms. The maximum atomic E-state index is 14.0. The lowest BCUT2D eigenvalue weighted by Crippen LogP contribution is -2.19. The van der Waals surface area contributed by atoms with Crippen molar-refractivity contribution in [2.75, 3.05) is 5.32 Å². The normalized spacial score (nSPS) is 11.2. The van der Waals surface area contributed by atoms with Crippen LogP contribution in [0.15, 0.2) is 64.0 Å². The van der Waals surface area contributed by atoms with Crippen molar-refractivity contribution in [2.45, 2.75) is 13.8 Å². The number of aryl methyl sites for hydroxylation is 3. The third-order valence-electron chi connectivity index (χ3n) is 5.63. The molecule has 7 nitrogen and oxygen atoms in total. The van der Waals surface area contributed by atoms with Gasteiger partial charge < -0.3 is 14.4 Å². The van der Waals surface area contributed by atoms with Crippen LogP contribution in [-0.4, -0.2) is 19.7 Å². The highest BCUT2D eigenvalue weighted by atomic mass is 19.1. The first-order valence-electron chi connectivity index (χ1n) is 10.4. The molecular weight excluding hydrogens is 440 g/mol. The van der Waals surface area contributed by atoms with Crippen LogP contribution in [0.25, 0.3) is 33.5 Å². The average Bonchev–Trinajstić information content (AvgIpc) is 3.26. The Bertz CT molecular complexity index is 1600. The molecule has 0 fully saturated rings. The second-order valence-electron chi connectivity index (χ2n) is 7.98. The molecule has 5 aromatic rings. The summed E-state index contributed by atoms with van der Waals surface area (Å²) in [4.78, 5) is 21.6. The molecule has 0 aliphatic carbocycles. The Morgan fingerprint density at radius 1 is 1.00 bits per heavy atom. The summed E-state index contributed by atoms with van der Waals surface area (Å²) in [7, 11) is 1.73. The number of hydrogen-bond donors (Lipinski definition) is 1. The molecule has 2 aromatic carbocycles. The third kappa shape index (κ3) is 3.71. The Morgan fingerprint density at radius 3 is 2.53 bits per heavy atom. The molecule has 1 N–H and O–H groups in total. The molecule has 3 heterocycles. The number of aromatic nitrogens is 4. The molecule has 170 valence electrons. The van der Waals surface area contributed by atoms with Crippen molar-refractivity contribution >= 4 is 22.5 Å². The Balaban J connectivity index is 1.53. The second-order valence-corrected chi connectivity index (χ2v) is 7.98. The van der Waals surface area contributed by atoms with Crippen LogP contribution in [0.2, 0.25) is 0 Å². The smallest absolute Gasteiger partial charge is 0.268 e. The first-order valence-corrected chi connectivity index (χ1v) is 10.4. The lowest BCUT2D eigenvalue weighted by atomic mass is 9.99. The van der Waals surface area contributed by atoms with E-state index in [2.05, 4.69) is 20.4 Å². The van der Waals surface area contributed by atoms with E-state index in [1.165, 1.54) is 6.07 Å². The number of benzene rings is 2. The molecule has 0 aliphatic rings. The van der Waals surface area contributed by atoms with Gasteiger partial charge in [-0.05, 0) is 66.5 Å². The van der Waals surface area contributed by atoms with Crippen LogP contribution in [0, 0.1) is 25.5 Å². The highest BCUT2D eigenvalue weighted by molar-refractivity contribution is 5.85. The molecule has 0 unspecified atom stereocenters. The number of nitrogens with zero attached hydrogens (tertiary/aromatic N) is 4. The van der Waals surface area contributed by atoms with Gasteiger partial charge in [0.05, 0.1) is 5.52 Å². The van der Waals surface area contributed by atoms with Gasteiger partial charge in [-0.2, -0.15) is 4.98 Å². The van der Waals surface area contributed by atoms with E-state index in [9.17, 15) is 13.6 Å². The maximum Gasteiger partial charge on any atom is 0.268 e. The zero-order chi connectivity index (χ0) is 24.0. The van der Waals surface area contributed by atoms with Crippen molar-refractivity contribution in [3.8, 4) is 22.6 Å². The molecule has 34 heavy (non-hydrogen) atoms. The molecule has 0 saturated heterocycles. The molecule has 0 aliphatic heterocycles. The van der Waals surface area contributed by atoms with Gasteiger partial charge in [0.2, 0.25) is 0 Å². The van der Waals surface area contributed by atoms with Gasteiger partial charge in [0.25, 0.3) is 17.4 Å². The number of halogens is 2. The third-order valence-corrected chi connectivity index (χ3v) is 5.63. The quantitative estimate of drug-likeness (QED) is 0.393. The van der Waals surface area contributed by atoms with Crippen LogP contribution in [0.1, 0.15) is 11.3 Å². The van der Waals surface area contributed by atoms with Crippen molar-refractivity contribution in [1.82, 2.24) is 19.7 Å². The largest absolute Gasteiger partial charge is 0.332 e. The maximum absolute atomic E-state index is 14.0. The van der Waals surface area contributed by atoms with Gasteiger partial charge in [-0.15, -0.1) is 0 Å². The van der Waals surface area contributed by atoms with Gasteiger partial charge in [-0.25, -0.2) is 8.78 Å². The summed E-state index contributed by atoms with van der Waals surface area (Å²) < 4.78 is 34.7. The van der Waals surface area contributed by atoms with E-state index in [4.69, 9.17) is 4.52 Å². The summed E-state index contributed by atoms with van der Waals surface area (Å²) in [6.45, 7) is 3.78. The van der Waals surface area contributed by atoms with Gasteiger partial charge in [0.15, 0.2) is 0 Å². The number of hydrogen-bond acceptors (Lipinski definition) is 6. The summed E-state index contributed by atoms with van der Waals surface area (Å²) in [6.07, 6.45) is 1.74. The molecule has 5 rings (SSSR count). The second kappa shape index (κ2) is 8.18. The van der Waals surface area contributed by atoms with E-state index in [-0.39, 0.29) is 17.4 Å². The fourth-order valence-corrected chi connectivity index (χ4v) is 3.85. The van der Waals surface area contributed by atoms with E-state index in [0.29, 0.717) is 11.3 Å². The Morgan fingerprint density at radius 2 is 1.76 bits per heavy atom. The van der Waals surface area contributed by atoms with Gasteiger partial charge in [0.1, 0.15) is 17.2 Å². The van der Waals surface area contributed by atoms with E-state index in [1.807, 2.05) is 32.0 Å². The van der Waals surface area contributed by atoms with Gasteiger partial charge in [-0.1, -0.05) is 12.1 Å². The predicted octanol–water partition coefficient (Wildman–Crippen LogP) is 5.29. The SMILES string of the molecule is Cc1cc2c(cn1)cc(-c1cc(Nc3noc(-c4c(F)cccc4F)n3)ccc1C)c(=O)n2C. The molecule has 3 aromatic heterocycles. The van der Waals surface area contributed by atoms with E-state index >= 15 is 0 Å². The fourth-order valence-electron chi connectivity index (χ4n) is 3.85. The average molecular weight is 459 g/mol. The lowest BCUT2D eigenvalue weighted by Gasteiger charge is -2.12. The highest BCUT2D eigenvalue weighted by Gasteiger charge is 2.18. The molecule has 9 heteroatoms. The highest BCUT2D eigenvalue weighted by Crippen LogP contribution is 2.29. The van der Waals surface area contributed by atoms with E-state index < -0.39 is 17.2 Å². The van der Waals surface area contributed by atoms with Crippen LogP contribution >= 0.6 is 0 Å². The minimum absolute atomic E-state index is 0.0264. The van der Waals surface area contributed by atoms with Crippen LogP contribution < -0.4 is 10.9 Å². The van der Waals surface area contributed by atoms with Crippen LogP contribution in [0.4, 0.5) is 20.4 Å². The van der Waals surface area contributed by atoms with Gasteiger partial charge in [-0.3, -0.25) is 9.78 Å². The number of fused-ring (bicyclic) bond motifs is 1. The summed E-state index contributed by atoms with van der Waals surface area (Å²) in [5.74, 6) is -1.86. The minimum atomic E-state index is -0.801. The number of rotatable bonds is 4. The van der Waals surface area contributed by atoms with Crippen LogP contribution in [0.3, 0.4) is 0 Å². The summed E-state index contributed by atoms with van der Waals surface area (Å²) >= 11 is 0. The zero-order valence-corrected chi connectivity index (χ0v) is 18.6.